The van der Waals surface area contributed by atoms with E-state index in [1.807, 2.05) is 0 Å². The van der Waals surface area contributed by atoms with E-state index in [4.69, 9.17) is 0 Å². The number of hydrogen-bond acceptors (Lipinski definition) is 5. The van der Waals surface area contributed by atoms with Gasteiger partial charge >= 0.3 is 5.69 Å². The minimum Gasteiger partial charge on any atom is -0.494 e. The maximum Gasteiger partial charge on any atom is 0.331 e. The molecule has 0 saturated carbocycles. The van der Waals surface area contributed by atoms with Crippen LogP contribution in [0.5, 0.6) is 5.88 Å². The lowest BCUT2D eigenvalue weighted by atomic mass is 9.97. The van der Waals surface area contributed by atoms with Crippen molar-refractivity contribution in [3.8, 4) is 5.88 Å². The van der Waals surface area contributed by atoms with Crippen LogP contribution >= 0.6 is 0 Å². The highest BCUT2D eigenvalue weighted by Crippen LogP contribution is 2.21. The molecule has 0 bridgehead atoms. The van der Waals surface area contributed by atoms with E-state index in [0.29, 0.717) is 12.0 Å². The highest BCUT2D eigenvalue weighted by Gasteiger charge is 2.14. The van der Waals surface area contributed by atoms with Crippen molar-refractivity contribution in [3.05, 3.63) is 73.9 Å². The molecule has 1 heterocycles. The van der Waals surface area contributed by atoms with Crippen molar-refractivity contribution in [2.45, 2.75) is 38.6 Å². The third-order valence-corrected chi connectivity index (χ3v) is 4.64. The second-order valence-corrected chi connectivity index (χ2v) is 6.57. The molecular weight excluding hydrogens is 360 g/mol. The Hall–Kier alpha value is -3.42. The van der Waals surface area contributed by atoms with Gasteiger partial charge in [-0.15, -0.1) is 0 Å². The number of benzene rings is 1. The summed E-state index contributed by atoms with van der Waals surface area (Å²) in [6.45, 7) is 0.254. The Kier molecular flexibility index (Phi) is 6.21. The summed E-state index contributed by atoms with van der Waals surface area (Å²) in [6.07, 6.45) is 8.13. The number of H-pyrrole nitrogens is 1. The Balaban J connectivity index is 1.75. The average Bonchev–Trinajstić information content (AvgIpc) is 2.71. The molecule has 1 aromatic heterocycles. The summed E-state index contributed by atoms with van der Waals surface area (Å²) in [7, 11) is 0. The minimum atomic E-state index is -0.770. The minimum absolute atomic E-state index is 0.189. The Morgan fingerprint density at radius 1 is 1.25 bits per heavy atom. The van der Waals surface area contributed by atoms with Gasteiger partial charge in [0, 0.05) is 12.1 Å². The van der Waals surface area contributed by atoms with E-state index in [2.05, 4.69) is 21.6 Å². The van der Waals surface area contributed by atoms with Crippen LogP contribution in [0.15, 0.2) is 56.7 Å². The molecule has 2 aromatic rings. The summed E-state index contributed by atoms with van der Waals surface area (Å²) in [5.74, 6) is -0.923. The molecule has 0 atom stereocenters. The van der Waals surface area contributed by atoms with Gasteiger partial charge in [-0.2, -0.15) is 5.10 Å². The third kappa shape index (κ3) is 4.64. The normalized spacial score (nSPS) is 14.1. The van der Waals surface area contributed by atoms with Gasteiger partial charge in [0.2, 0.25) is 5.88 Å². The number of nitrogens with one attached hydrogen (secondary N) is 2. The number of allylic oxidation sites excluding steroid dienone is 2. The van der Waals surface area contributed by atoms with E-state index in [9.17, 15) is 19.5 Å². The summed E-state index contributed by atoms with van der Waals surface area (Å²) in [5.41, 5.74) is 2.30. The number of amides is 1. The first-order chi connectivity index (χ1) is 13.6. The van der Waals surface area contributed by atoms with Crippen molar-refractivity contribution in [1.82, 2.24) is 15.0 Å². The fourth-order valence-corrected chi connectivity index (χ4v) is 3.10. The number of rotatable bonds is 6. The molecule has 0 spiro atoms. The molecule has 1 aromatic carbocycles. The average molecular weight is 382 g/mol. The van der Waals surface area contributed by atoms with E-state index in [1.54, 1.807) is 30.3 Å². The summed E-state index contributed by atoms with van der Waals surface area (Å²) in [4.78, 5) is 38.2. The van der Waals surface area contributed by atoms with Crippen LogP contribution in [-0.2, 0) is 6.54 Å². The fraction of sp³-hybridized carbons (Fsp3) is 0.300. The summed E-state index contributed by atoms with van der Waals surface area (Å²) in [5, 5.41) is 14.1. The summed E-state index contributed by atoms with van der Waals surface area (Å²) in [6, 6.07) is 8.45. The van der Waals surface area contributed by atoms with Gasteiger partial charge in [-0.05, 0) is 44.2 Å². The summed E-state index contributed by atoms with van der Waals surface area (Å²) < 4.78 is 1.11. The summed E-state index contributed by atoms with van der Waals surface area (Å²) >= 11 is 0. The van der Waals surface area contributed by atoms with Gasteiger partial charge in [-0.3, -0.25) is 19.1 Å². The molecule has 0 unspecified atom stereocenters. The molecule has 1 aliphatic rings. The number of carbonyl (C=O) groups is 1. The lowest BCUT2D eigenvalue weighted by Gasteiger charge is -2.14. The Bertz CT molecular complexity index is 1020. The molecule has 3 N–H and O–H groups in total. The molecule has 0 saturated heterocycles. The zero-order chi connectivity index (χ0) is 19.9. The first kappa shape index (κ1) is 19.3. The molecule has 1 amide bonds. The monoisotopic (exact) mass is 382 g/mol. The van der Waals surface area contributed by atoms with E-state index in [1.165, 1.54) is 12.0 Å². The molecule has 8 heteroatoms. The molecule has 0 fully saturated rings. The van der Waals surface area contributed by atoms with Crippen molar-refractivity contribution < 1.29 is 9.90 Å². The van der Waals surface area contributed by atoms with Gasteiger partial charge in [-0.1, -0.05) is 29.8 Å². The Morgan fingerprint density at radius 2 is 2.04 bits per heavy atom. The SMILES string of the molecule is O=C(N/N=C/c1c(O)n(CCC2=CCCCC2)c(=O)[nH]c1=O)c1ccccc1. The molecule has 3 rings (SSSR count). The highest BCUT2D eigenvalue weighted by atomic mass is 16.3. The van der Waals surface area contributed by atoms with Crippen LogP contribution < -0.4 is 16.7 Å². The first-order valence-corrected chi connectivity index (χ1v) is 9.18. The van der Waals surface area contributed by atoms with Crippen molar-refractivity contribution in [2.24, 2.45) is 5.10 Å². The smallest absolute Gasteiger partial charge is 0.331 e. The highest BCUT2D eigenvalue weighted by molar-refractivity contribution is 5.94. The quantitative estimate of drug-likeness (QED) is 0.402. The zero-order valence-corrected chi connectivity index (χ0v) is 15.4. The molecule has 0 aliphatic heterocycles. The van der Waals surface area contributed by atoms with Crippen LogP contribution in [0.2, 0.25) is 0 Å². The molecule has 1 aliphatic carbocycles. The number of aromatic amines is 1. The largest absolute Gasteiger partial charge is 0.494 e. The van der Waals surface area contributed by atoms with Gasteiger partial charge in [0.15, 0.2) is 0 Å². The van der Waals surface area contributed by atoms with Crippen LogP contribution in [0.1, 0.15) is 48.0 Å². The van der Waals surface area contributed by atoms with E-state index >= 15 is 0 Å². The van der Waals surface area contributed by atoms with Crippen LogP contribution in [0.3, 0.4) is 0 Å². The second kappa shape index (κ2) is 8.98. The van der Waals surface area contributed by atoms with Gasteiger partial charge < -0.3 is 5.11 Å². The lowest BCUT2D eigenvalue weighted by Crippen LogP contribution is -2.32. The Morgan fingerprint density at radius 3 is 2.75 bits per heavy atom. The third-order valence-electron chi connectivity index (χ3n) is 4.64. The number of carbonyl (C=O) groups excluding carboxylic acids is 1. The standard InChI is InChI=1S/C20H22N4O4/c25-17(15-9-5-2-6-10-15)23-21-13-16-18(26)22-20(28)24(19(16)27)12-11-14-7-3-1-4-8-14/h2,5-7,9-10,13,27H,1,3-4,8,11-12H2,(H,23,25)(H,22,26,28)/b21-13+. The van der Waals surface area contributed by atoms with E-state index < -0.39 is 23.0 Å². The molecule has 146 valence electrons. The van der Waals surface area contributed by atoms with Crippen LogP contribution in [0.4, 0.5) is 0 Å². The van der Waals surface area contributed by atoms with Gasteiger partial charge in [0.25, 0.3) is 11.5 Å². The van der Waals surface area contributed by atoms with Crippen LogP contribution in [-0.4, -0.2) is 26.8 Å². The maximum atomic E-state index is 12.1. The molecule has 8 nitrogen and oxygen atoms in total. The van der Waals surface area contributed by atoms with Crippen LogP contribution in [0, 0.1) is 0 Å². The molecule has 0 radical (unpaired) electrons. The first-order valence-electron chi connectivity index (χ1n) is 9.18. The number of hydrogen-bond donors (Lipinski definition) is 3. The maximum absolute atomic E-state index is 12.1. The predicted molar refractivity (Wildman–Crippen MR) is 106 cm³/mol. The molecule has 28 heavy (non-hydrogen) atoms. The number of aromatic hydroxyl groups is 1. The number of nitrogens with zero attached hydrogens (tertiary/aromatic N) is 2. The van der Waals surface area contributed by atoms with Crippen molar-refractivity contribution in [1.29, 1.82) is 0 Å². The lowest BCUT2D eigenvalue weighted by molar-refractivity contribution is 0.0955. The van der Waals surface area contributed by atoms with Crippen molar-refractivity contribution in [3.63, 3.8) is 0 Å². The van der Waals surface area contributed by atoms with E-state index in [0.717, 1.165) is 30.0 Å². The second-order valence-electron chi connectivity index (χ2n) is 6.57. The van der Waals surface area contributed by atoms with Crippen LogP contribution in [0.25, 0.3) is 0 Å². The zero-order valence-electron chi connectivity index (χ0n) is 15.4. The number of hydrazone groups is 1. The van der Waals surface area contributed by atoms with E-state index in [-0.39, 0.29) is 12.1 Å². The predicted octanol–water partition coefficient (Wildman–Crippen LogP) is 1.90. The van der Waals surface area contributed by atoms with Gasteiger partial charge in [0.05, 0.1) is 6.21 Å². The Labute approximate surface area is 161 Å². The van der Waals surface area contributed by atoms with Gasteiger partial charge in [-0.25, -0.2) is 10.2 Å². The number of aromatic nitrogens is 2. The van der Waals surface area contributed by atoms with Crippen molar-refractivity contribution in [2.75, 3.05) is 0 Å². The molecular formula is C20H22N4O4. The van der Waals surface area contributed by atoms with Gasteiger partial charge in [0.1, 0.15) is 5.56 Å². The fourth-order valence-electron chi connectivity index (χ4n) is 3.10. The van der Waals surface area contributed by atoms with Crippen molar-refractivity contribution >= 4 is 12.1 Å². The topological polar surface area (TPSA) is 117 Å².